The molecule has 2 aromatic rings. The summed E-state index contributed by atoms with van der Waals surface area (Å²) in [5.41, 5.74) is 0.784. The molecule has 1 heterocycles. The highest BCUT2D eigenvalue weighted by Crippen LogP contribution is 2.36. The van der Waals surface area contributed by atoms with Crippen molar-refractivity contribution < 1.29 is 28.5 Å². The van der Waals surface area contributed by atoms with Crippen LogP contribution in [0.2, 0.25) is 0 Å². The Morgan fingerprint density at radius 3 is 2.33 bits per heavy atom. The number of carbonyl (C=O) groups excluding carboxylic acids is 1. The molecule has 0 amide bonds. The summed E-state index contributed by atoms with van der Waals surface area (Å²) < 4.78 is 26.4. The third kappa shape index (κ3) is 3.51. The molecule has 0 saturated heterocycles. The summed E-state index contributed by atoms with van der Waals surface area (Å²) in [6, 6.07) is 10.0. The number of hydrogen-bond donors (Lipinski definition) is 0. The van der Waals surface area contributed by atoms with Gasteiger partial charge in [0.1, 0.15) is 17.4 Å². The molecule has 7 heteroatoms. The van der Waals surface area contributed by atoms with Gasteiger partial charge in [-0.2, -0.15) is 5.26 Å². The van der Waals surface area contributed by atoms with Gasteiger partial charge in [-0.15, -0.1) is 0 Å². The number of allylic oxidation sites excluding steroid dienone is 1. The minimum atomic E-state index is -0.437. The fraction of sp³-hybridized carbons (Fsp3) is 0.200. The van der Waals surface area contributed by atoms with Crippen LogP contribution in [0, 0.1) is 11.3 Å². The van der Waals surface area contributed by atoms with Crippen LogP contribution in [0.15, 0.2) is 35.9 Å². The first-order chi connectivity index (χ1) is 13.1. The number of benzene rings is 2. The van der Waals surface area contributed by atoms with Crippen LogP contribution in [0.25, 0.3) is 6.08 Å². The fourth-order valence-corrected chi connectivity index (χ4v) is 2.66. The average molecular weight is 367 g/mol. The van der Waals surface area contributed by atoms with Gasteiger partial charge in [0.2, 0.25) is 12.6 Å². The van der Waals surface area contributed by atoms with Crippen LogP contribution in [0.3, 0.4) is 0 Å². The SMILES string of the molecule is COc1cc(OC)c(OC)cc1C=C(C#N)C(=O)c1ccc2c(c1)OCO2. The Morgan fingerprint density at radius 1 is 1.00 bits per heavy atom. The molecule has 2 aromatic carbocycles. The van der Waals surface area contributed by atoms with E-state index in [0.29, 0.717) is 39.9 Å². The molecule has 0 bridgehead atoms. The Kier molecular flexibility index (Phi) is 5.18. The number of rotatable bonds is 6. The third-order valence-electron chi connectivity index (χ3n) is 4.04. The standard InChI is InChI=1S/C20H17NO6/c1-23-16-9-18(25-3)17(24-2)8-13(16)6-14(10-21)20(22)12-4-5-15-19(7-12)27-11-26-15/h4-9H,11H2,1-3H3. The second-order valence-corrected chi connectivity index (χ2v) is 5.52. The maximum absolute atomic E-state index is 12.8. The molecule has 0 N–H and O–H groups in total. The normalized spacial score (nSPS) is 12.3. The summed E-state index contributed by atoms with van der Waals surface area (Å²) >= 11 is 0. The molecule has 0 aliphatic carbocycles. The molecular formula is C20H17NO6. The molecule has 0 atom stereocenters. The van der Waals surface area contributed by atoms with E-state index in [4.69, 9.17) is 23.7 Å². The van der Waals surface area contributed by atoms with Crippen molar-refractivity contribution in [3.8, 4) is 34.8 Å². The lowest BCUT2D eigenvalue weighted by Gasteiger charge is -2.12. The van der Waals surface area contributed by atoms with Crippen molar-refractivity contribution in [2.45, 2.75) is 0 Å². The van der Waals surface area contributed by atoms with Crippen LogP contribution in [0.1, 0.15) is 15.9 Å². The maximum Gasteiger partial charge on any atom is 0.231 e. The first-order valence-electron chi connectivity index (χ1n) is 7.97. The zero-order valence-corrected chi connectivity index (χ0v) is 15.1. The molecule has 138 valence electrons. The summed E-state index contributed by atoms with van der Waals surface area (Å²) in [4.78, 5) is 12.8. The molecule has 0 aromatic heterocycles. The molecule has 0 unspecified atom stereocenters. The van der Waals surface area contributed by atoms with Crippen LogP contribution >= 0.6 is 0 Å². The van der Waals surface area contributed by atoms with Crippen molar-refractivity contribution in [1.29, 1.82) is 5.26 Å². The smallest absolute Gasteiger partial charge is 0.231 e. The summed E-state index contributed by atoms with van der Waals surface area (Å²) in [7, 11) is 4.50. The van der Waals surface area contributed by atoms with Gasteiger partial charge in [-0.1, -0.05) is 0 Å². The third-order valence-corrected chi connectivity index (χ3v) is 4.04. The van der Waals surface area contributed by atoms with Gasteiger partial charge >= 0.3 is 0 Å². The number of ether oxygens (including phenoxy) is 5. The van der Waals surface area contributed by atoms with E-state index < -0.39 is 5.78 Å². The molecule has 0 fully saturated rings. The van der Waals surface area contributed by atoms with Crippen LogP contribution in [-0.4, -0.2) is 33.9 Å². The summed E-state index contributed by atoms with van der Waals surface area (Å²) in [6.45, 7) is 0.108. The van der Waals surface area contributed by atoms with Gasteiger partial charge in [-0.25, -0.2) is 0 Å². The van der Waals surface area contributed by atoms with E-state index >= 15 is 0 Å². The highest BCUT2D eigenvalue weighted by molar-refractivity contribution is 6.14. The highest BCUT2D eigenvalue weighted by atomic mass is 16.7. The summed E-state index contributed by atoms with van der Waals surface area (Å²) in [5, 5.41) is 9.51. The van der Waals surface area contributed by atoms with Crippen LogP contribution in [0.4, 0.5) is 0 Å². The number of ketones is 1. The molecular weight excluding hydrogens is 350 g/mol. The Labute approximate surface area is 156 Å². The average Bonchev–Trinajstić information content (AvgIpc) is 3.18. The van der Waals surface area contributed by atoms with E-state index in [9.17, 15) is 10.1 Å². The first kappa shape index (κ1) is 18.1. The Balaban J connectivity index is 2.01. The number of Topliss-reactive ketones (excluding diaryl/α,β-unsaturated/α-hetero) is 1. The number of nitrogens with zero attached hydrogens (tertiary/aromatic N) is 1. The monoisotopic (exact) mass is 367 g/mol. The number of nitriles is 1. The van der Waals surface area contributed by atoms with Crippen molar-refractivity contribution >= 4 is 11.9 Å². The molecule has 0 spiro atoms. The second kappa shape index (κ2) is 7.70. The van der Waals surface area contributed by atoms with E-state index in [1.165, 1.54) is 27.4 Å². The molecule has 3 rings (SSSR count). The predicted molar refractivity (Wildman–Crippen MR) is 96.6 cm³/mol. The molecule has 7 nitrogen and oxygen atoms in total. The van der Waals surface area contributed by atoms with E-state index in [1.54, 1.807) is 30.3 Å². The van der Waals surface area contributed by atoms with E-state index in [1.807, 2.05) is 6.07 Å². The number of carbonyl (C=O) groups is 1. The highest BCUT2D eigenvalue weighted by Gasteiger charge is 2.19. The van der Waals surface area contributed by atoms with E-state index in [-0.39, 0.29) is 12.4 Å². The zero-order valence-electron chi connectivity index (χ0n) is 15.1. The summed E-state index contributed by atoms with van der Waals surface area (Å²) in [5.74, 6) is 1.98. The van der Waals surface area contributed by atoms with Crippen LogP contribution < -0.4 is 23.7 Å². The van der Waals surface area contributed by atoms with Crippen molar-refractivity contribution in [2.75, 3.05) is 28.1 Å². The van der Waals surface area contributed by atoms with Crippen molar-refractivity contribution in [3.05, 3.63) is 47.0 Å². The lowest BCUT2D eigenvalue weighted by molar-refractivity contribution is 0.103. The van der Waals surface area contributed by atoms with Gasteiger partial charge in [-0.05, 0) is 30.3 Å². The second-order valence-electron chi connectivity index (χ2n) is 5.52. The van der Waals surface area contributed by atoms with Gasteiger partial charge in [0.15, 0.2) is 23.0 Å². The molecule has 0 radical (unpaired) electrons. The van der Waals surface area contributed by atoms with Crippen LogP contribution in [0.5, 0.6) is 28.7 Å². The van der Waals surface area contributed by atoms with Crippen LogP contribution in [-0.2, 0) is 0 Å². The van der Waals surface area contributed by atoms with Crippen molar-refractivity contribution in [3.63, 3.8) is 0 Å². The van der Waals surface area contributed by atoms with Crippen molar-refractivity contribution in [2.24, 2.45) is 0 Å². The topological polar surface area (TPSA) is 87.0 Å². The van der Waals surface area contributed by atoms with Gasteiger partial charge in [0.05, 0.1) is 21.3 Å². The largest absolute Gasteiger partial charge is 0.496 e. The number of fused-ring (bicyclic) bond motifs is 1. The Bertz CT molecular complexity index is 958. The van der Waals surface area contributed by atoms with Gasteiger partial charge < -0.3 is 23.7 Å². The Morgan fingerprint density at radius 2 is 1.67 bits per heavy atom. The molecule has 0 saturated carbocycles. The lowest BCUT2D eigenvalue weighted by Crippen LogP contribution is -2.02. The number of hydrogen-bond acceptors (Lipinski definition) is 7. The number of methoxy groups -OCH3 is 3. The molecule has 1 aliphatic rings. The van der Waals surface area contributed by atoms with Gasteiger partial charge in [0, 0.05) is 17.2 Å². The molecule has 27 heavy (non-hydrogen) atoms. The molecule has 1 aliphatic heterocycles. The van der Waals surface area contributed by atoms with E-state index in [0.717, 1.165) is 0 Å². The minimum Gasteiger partial charge on any atom is -0.496 e. The zero-order chi connectivity index (χ0) is 19.4. The summed E-state index contributed by atoms with van der Waals surface area (Å²) in [6.07, 6.45) is 1.45. The van der Waals surface area contributed by atoms with E-state index in [2.05, 4.69) is 0 Å². The Hall–Kier alpha value is -3.66. The maximum atomic E-state index is 12.8. The van der Waals surface area contributed by atoms with Gasteiger partial charge in [-0.3, -0.25) is 4.79 Å². The minimum absolute atomic E-state index is 0.0561. The predicted octanol–water partition coefficient (Wildman–Crippen LogP) is 3.23. The van der Waals surface area contributed by atoms with Gasteiger partial charge in [0.25, 0.3) is 0 Å². The van der Waals surface area contributed by atoms with Crippen molar-refractivity contribution in [1.82, 2.24) is 0 Å². The fourth-order valence-electron chi connectivity index (χ4n) is 2.66. The quantitative estimate of drug-likeness (QED) is 0.440. The lowest BCUT2D eigenvalue weighted by atomic mass is 10.0. The first-order valence-corrected chi connectivity index (χ1v) is 7.97.